The summed E-state index contributed by atoms with van der Waals surface area (Å²) in [6.07, 6.45) is 3.22. The van der Waals surface area contributed by atoms with Crippen molar-refractivity contribution in [2.24, 2.45) is 11.8 Å². The number of benzene rings is 3. The summed E-state index contributed by atoms with van der Waals surface area (Å²) in [4.78, 5) is 0. The maximum absolute atomic E-state index is 10.5. The first-order valence-corrected chi connectivity index (χ1v) is 12.2. The van der Waals surface area contributed by atoms with E-state index in [1.54, 1.807) is 6.07 Å². The number of rotatable bonds is 2. The Kier molecular flexibility index (Phi) is 4.84. The number of ether oxygens (including phenoxy) is 1. The van der Waals surface area contributed by atoms with E-state index in [9.17, 15) is 5.11 Å². The summed E-state index contributed by atoms with van der Waals surface area (Å²) in [5.41, 5.74) is 4.10. The second-order valence-corrected chi connectivity index (χ2v) is 10.00. The second-order valence-electron chi connectivity index (χ2n) is 9.59. The van der Waals surface area contributed by atoms with Crippen LogP contribution in [0.3, 0.4) is 0 Å². The minimum atomic E-state index is -0.644. The number of fused-ring (bicyclic) bond motifs is 1. The van der Waals surface area contributed by atoms with Gasteiger partial charge in [-0.1, -0.05) is 67.1 Å². The Bertz CT molecular complexity index is 1200. The molecule has 0 amide bonds. The van der Waals surface area contributed by atoms with Gasteiger partial charge in [0.2, 0.25) is 0 Å². The lowest BCUT2D eigenvalue weighted by Crippen LogP contribution is -2.73. The molecule has 168 valence electrons. The summed E-state index contributed by atoms with van der Waals surface area (Å²) in [6.45, 7) is 2.07. The third-order valence-electron chi connectivity index (χ3n) is 7.77. The van der Waals surface area contributed by atoms with E-state index in [-0.39, 0.29) is 29.5 Å². The summed E-state index contributed by atoms with van der Waals surface area (Å²) in [7, 11) is 0. The molecule has 0 unspecified atom stereocenters. The molecule has 1 spiro atoms. The number of nitrogens with one attached hydrogen (secondary N) is 2. The van der Waals surface area contributed by atoms with Crippen molar-refractivity contribution in [1.29, 1.82) is 0 Å². The first kappa shape index (κ1) is 20.5. The van der Waals surface area contributed by atoms with Crippen molar-refractivity contribution < 1.29 is 9.84 Å². The highest BCUT2D eigenvalue weighted by Gasteiger charge is 2.61. The lowest BCUT2D eigenvalue weighted by Gasteiger charge is -2.59. The van der Waals surface area contributed by atoms with Crippen LogP contribution in [0.15, 0.2) is 72.8 Å². The lowest BCUT2D eigenvalue weighted by atomic mass is 9.60. The molecule has 2 fully saturated rings. The highest BCUT2D eigenvalue weighted by molar-refractivity contribution is 7.80. The van der Waals surface area contributed by atoms with E-state index in [4.69, 9.17) is 17.0 Å². The highest BCUT2D eigenvalue weighted by atomic mass is 32.1. The number of phenolic OH excluding ortho intramolecular Hbond substituents is 1. The highest BCUT2D eigenvalue weighted by Crippen LogP contribution is 2.58. The van der Waals surface area contributed by atoms with Crippen LogP contribution in [-0.2, 0) is 0 Å². The van der Waals surface area contributed by atoms with Crippen LogP contribution in [0.4, 0.5) is 0 Å². The molecule has 3 aromatic rings. The number of thiocarbonyl (C=S) groups is 1. The molecule has 33 heavy (non-hydrogen) atoms. The average Bonchev–Trinajstić information content (AvgIpc) is 2.82. The zero-order chi connectivity index (χ0) is 22.6. The van der Waals surface area contributed by atoms with Crippen LogP contribution in [0.5, 0.6) is 11.5 Å². The summed E-state index contributed by atoms with van der Waals surface area (Å²) < 4.78 is 6.96. The van der Waals surface area contributed by atoms with Gasteiger partial charge in [0.1, 0.15) is 11.5 Å². The van der Waals surface area contributed by atoms with E-state index in [0.717, 1.165) is 30.6 Å². The van der Waals surface area contributed by atoms with Crippen LogP contribution in [0.1, 0.15) is 53.5 Å². The molecule has 0 aromatic heterocycles. The van der Waals surface area contributed by atoms with Crippen LogP contribution in [0.25, 0.3) is 0 Å². The van der Waals surface area contributed by atoms with Gasteiger partial charge in [-0.25, -0.2) is 0 Å². The number of aryl methyl sites for hydroxylation is 1. The Hall–Kier alpha value is -3.05. The van der Waals surface area contributed by atoms with Crippen LogP contribution in [0.2, 0.25) is 0 Å². The topological polar surface area (TPSA) is 53.5 Å². The van der Waals surface area contributed by atoms with Gasteiger partial charge in [0.05, 0.1) is 6.04 Å². The molecule has 1 saturated heterocycles. The van der Waals surface area contributed by atoms with Crippen LogP contribution in [0, 0.1) is 18.8 Å². The fourth-order valence-electron chi connectivity index (χ4n) is 6.56. The second kappa shape index (κ2) is 7.77. The maximum atomic E-state index is 10.5. The smallest absolute Gasteiger partial charge is 0.191 e. The monoisotopic (exact) mass is 456 g/mol. The Morgan fingerprint density at radius 1 is 0.939 bits per heavy atom. The van der Waals surface area contributed by atoms with Gasteiger partial charge in [-0.3, -0.25) is 0 Å². The predicted octanol–water partition coefficient (Wildman–Crippen LogP) is 5.56. The summed E-state index contributed by atoms with van der Waals surface area (Å²) in [5.74, 6) is 1.54. The molecule has 6 rings (SSSR count). The fourth-order valence-corrected chi connectivity index (χ4v) is 6.84. The number of hydrogen-bond acceptors (Lipinski definition) is 3. The lowest BCUT2D eigenvalue weighted by molar-refractivity contribution is -0.121. The summed E-state index contributed by atoms with van der Waals surface area (Å²) in [5, 5.41) is 18.3. The molecule has 2 heterocycles. The SMILES string of the molecule is Cc1cc(O)cc2c1[C@H](c1ccccc1)[C@@H]1CCC[C@@H]3[C@H](c4ccccc4)NC(=S)N[C@@]31O2. The van der Waals surface area contributed by atoms with Gasteiger partial charge in [-0.2, -0.15) is 0 Å². The number of phenols is 1. The number of hydrogen-bond donors (Lipinski definition) is 3. The molecule has 0 radical (unpaired) electrons. The van der Waals surface area contributed by atoms with E-state index in [2.05, 4.69) is 72.2 Å². The van der Waals surface area contributed by atoms with Crippen LogP contribution >= 0.6 is 12.2 Å². The van der Waals surface area contributed by atoms with Gasteiger partial charge in [-0.05, 0) is 54.7 Å². The largest absolute Gasteiger partial charge is 0.508 e. The van der Waals surface area contributed by atoms with Crippen molar-refractivity contribution in [1.82, 2.24) is 10.6 Å². The third-order valence-corrected chi connectivity index (χ3v) is 7.99. The molecule has 4 nitrogen and oxygen atoms in total. The first-order chi connectivity index (χ1) is 16.1. The Labute approximate surface area is 200 Å². The molecule has 3 aromatic carbocycles. The number of aromatic hydroxyl groups is 1. The molecule has 5 heteroatoms. The van der Waals surface area contributed by atoms with Crippen molar-refractivity contribution in [3.05, 3.63) is 95.1 Å². The van der Waals surface area contributed by atoms with E-state index in [0.29, 0.717) is 5.11 Å². The van der Waals surface area contributed by atoms with Crippen molar-refractivity contribution >= 4 is 17.3 Å². The Balaban J connectivity index is 1.56. The van der Waals surface area contributed by atoms with Crippen molar-refractivity contribution in [3.8, 4) is 11.5 Å². The zero-order valence-electron chi connectivity index (χ0n) is 18.6. The van der Waals surface area contributed by atoms with E-state index in [1.807, 2.05) is 12.1 Å². The quantitative estimate of drug-likeness (QED) is 0.441. The van der Waals surface area contributed by atoms with Gasteiger partial charge in [-0.15, -0.1) is 0 Å². The molecule has 0 bridgehead atoms. The Morgan fingerprint density at radius 3 is 2.33 bits per heavy atom. The fraction of sp³-hybridized carbons (Fsp3) is 0.321. The zero-order valence-corrected chi connectivity index (χ0v) is 19.4. The molecule has 1 aliphatic carbocycles. The molecule has 2 aliphatic heterocycles. The molecule has 3 aliphatic rings. The van der Waals surface area contributed by atoms with Crippen LogP contribution < -0.4 is 15.4 Å². The molecule has 5 atom stereocenters. The van der Waals surface area contributed by atoms with Gasteiger partial charge in [0.15, 0.2) is 10.8 Å². The first-order valence-electron chi connectivity index (χ1n) is 11.8. The summed E-state index contributed by atoms with van der Waals surface area (Å²) in [6, 6.07) is 25.0. The maximum Gasteiger partial charge on any atom is 0.191 e. The van der Waals surface area contributed by atoms with Crippen molar-refractivity contribution in [2.75, 3.05) is 0 Å². The van der Waals surface area contributed by atoms with E-state index in [1.165, 1.54) is 16.7 Å². The predicted molar refractivity (Wildman–Crippen MR) is 133 cm³/mol. The van der Waals surface area contributed by atoms with E-state index < -0.39 is 5.72 Å². The summed E-state index contributed by atoms with van der Waals surface area (Å²) >= 11 is 5.77. The van der Waals surface area contributed by atoms with Gasteiger partial charge in [0, 0.05) is 29.4 Å². The normalized spacial score (nSPS) is 30.0. The third kappa shape index (κ3) is 3.21. The van der Waals surface area contributed by atoms with Crippen molar-refractivity contribution in [2.45, 2.75) is 43.9 Å². The standard InChI is InChI=1S/C28H28N2O2S/c1-17-15-20(31)16-23-24(17)25(18-9-4-2-5-10-18)21-13-8-14-22-26(19-11-6-3-7-12-19)29-27(33)30-28(21,22)32-23/h2-7,9-12,15-16,21-22,25-26,31H,8,13-14H2,1H3,(H2,29,30,33)/t21-,22+,25+,26-,28-/m0/s1. The Morgan fingerprint density at radius 2 is 1.61 bits per heavy atom. The van der Waals surface area contributed by atoms with E-state index >= 15 is 0 Å². The minimum Gasteiger partial charge on any atom is -0.508 e. The average molecular weight is 457 g/mol. The molecule has 3 N–H and O–H groups in total. The van der Waals surface area contributed by atoms with Crippen LogP contribution in [-0.4, -0.2) is 15.9 Å². The molecular weight excluding hydrogens is 428 g/mol. The minimum absolute atomic E-state index is 0.0686. The van der Waals surface area contributed by atoms with Crippen molar-refractivity contribution in [3.63, 3.8) is 0 Å². The van der Waals surface area contributed by atoms with Gasteiger partial charge >= 0.3 is 0 Å². The molecule has 1 saturated carbocycles. The van der Waals surface area contributed by atoms with Gasteiger partial charge < -0.3 is 20.5 Å². The molecular formula is C28H28N2O2S. The van der Waals surface area contributed by atoms with Gasteiger partial charge in [0.25, 0.3) is 0 Å².